The van der Waals surface area contributed by atoms with Crippen LogP contribution < -0.4 is 4.74 Å². The van der Waals surface area contributed by atoms with Gasteiger partial charge in [0.05, 0.1) is 12.3 Å². The summed E-state index contributed by atoms with van der Waals surface area (Å²) in [4.78, 5) is 3.82. The standard InChI is InChI=1S/C14H12N2O3S/c15-8-9-20(17,18)14-7-6-13(10-16-14)19-11-12-4-2-1-3-5-12/h1-7,10H,9,11H2. The predicted octanol–water partition coefficient (Wildman–Crippen LogP) is 1.96. The van der Waals surface area contributed by atoms with Crippen molar-refractivity contribution in [2.75, 3.05) is 5.75 Å². The third-order valence-electron chi connectivity index (χ3n) is 2.53. The van der Waals surface area contributed by atoms with Gasteiger partial charge in [-0.05, 0) is 17.7 Å². The molecule has 0 aliphatic heterocycles. The number of rotatable bonds is 5. The second-order valence-corrected chi connectivity index (χ2v) is 5.96. The number of benzene rings is 1. The Morgan fingerprint density at radius 3 is 2.50 bits per heavy atom. The monoisotopic (exact) mass is 288 g/mol. The van der Waals surface area contributed by atoms with Gasteiger partial charge in [-0.3, -0.25) is 0 Å². The van der Waals surface area contributed by atoms with Gasteiger partial charge in [-0.2, -0.15) is 5.26 Å². The number of aromatic nitrogens is 1. The van der Waals surface area contributed by atoms with Crippen molar-refractivity contribution in [3.8, 4) is 11.8 Å². The maximum Gasteiger partial charge on any atom is 0.208 e. The van der Waals surface area contributed by atoms with Crippen molar-refractivity contribution in [1.82, 2.24) is 4.98 Å². The molecule has 0 radical (unpaired) electrons. The minimum Gasteiger partial charge on any atom is -0.487 e. The molecule has 0 saturated heterocycles. The van der Waals surface area contributed by atoms with Crippen LogP contribution in [0.5, 0.6) is 5.75 Å². The van der Waals surface area contributed by atoms with Crippen LogP contribution in [0.3, 0.4) is 0 Å². The Bertz CT molecular complexity index is 704. The van der Waals surface area contributed by atoms with Gasteiger partial charge in [0.1, 0.15) is 18.1 Å². The smallest absolute Gasteiger partial charge is 0.208 e. The zero-order valence-corrected chi connectivity index (χ0v) is 11.4. The van der Waals surface area contributed by atoms with E-state index < -0.39 is 15.6 Å². The molecule has 0 saturated carbocycles. The Labute approximate surface area is 117 Å². The van der Waals surface area contributed by atoms with E-state index in [9.17, 15) is 8.42 Å². The zero-order valence-electron chi connectivity index (χ0n) is 10.6. The summed E-state index contributed by atoms with van der Waals surface area (Å²) in [6.07, 6.45) is 1.34. The third-order valence-corrected chi connectivity index (χ3v) is 3.92. The molecule has 0 amide bonds. The molecule has 0 spiro atoms. The van der Waals surface area contributed by atoms with Crippen LogP contribution >= 0.6 is 0 Å². The fourth-order valence-electron chi connectivity index (χ4n) is 1.54. The maximum atomic E-state index is 11.6. The molecule has 1 aromatic heterocycles. The Morgan fingerprint density at radius 1 is 1.15 bits per heavy atom. The Morgan fingerprint density at radius 2 is 1.90 bits per heavy atom. The molecule has 2 rings (SSSR count). The highest BCUT2D eigenvalue weighted by Crippen LogP contribution is 2.15. The van der Waals surface area contributed by atoms with Gasteiger partial charge in [-0.15, -0.1) is 0 Å². The van der Waals surface area contributed by atoms with Crippen LogP contribution in [0.25, 0.3) is 0 Å². The molecule has 102 valence electrons. The largest absolute Gasteiger partial charge is 0.487 e. The molecule has 0 aliphatic carbocycles. The van der Waals surface area contributed by atoms with Gasteiger partial charge >= 0.3 is 0 Å². The molecule has 0 atom stereocenters. The van der Waals surface area contributed by atoms with Crippen LogP contribution in [0.4, 0.5) is 0 Å². The highest BCUT2D eigenvalue weighted by atomic mass is 32.2. The lowest BCUT2D eigenvalue weighted by atomic mass is 10.2. The molecule has 0 unspecified atom stereocenters. The van der Waals surface area contributed by atoms with E-state index in [1.165, 1.54) is 18.3 Å². The topological polar surface area (TPSA) is 80.0 Å². The number of pyridine rings is 1. The second-order valence-electron chi connectivity index (χ2n) is 4.02. The average molecular weight is 288 g/mol. The van der Waals surface area contributed by atoms with Crippen LogP contribution in [0.15, 0.2) is 53.7 Å². The van der Waals surface area contributed by atoms with Gasteiger partial charge < -0.3 is 4.74 Å². The van der Waals surface area contributed by atoms with Gasteiger partial charge in [-0.25, -0.2) is 13.4 Å². The Hall–Kier alpha value is -2.39. The third kappa shape index (κ3) is 3.56. The number of hydrogen-bond donors (Lipinski definition) is 0. The van der Waals surface area contributed by atoms with Gasteiger partial charge in [-0.1, -0.05) is 30.3 Å². The molecule has 0 bridgehead atoms. The molecule has 5 nitrogen and oxygen atoms in total. The number of ether oxygens (including phenoxy) is 1. The van der Waals surface area contributed by atoms with E-state index in [1.807, 2.05) is 30.3 Å². The summed E-state index contributed by atoms with van der Waals surface area (Å²) in [7, 11) is -3.62. The van der Waals surface area contributed by atoms with E-state index in [-0.39, 0.29) is 5.03 Å². The first-order valence-electron chi connectivity index (χ1n) is 5.84. The quantitative estimate of drug-likeness (QED) is 0.840. The van der Waals surface area contributed by atoms with E-state index in [2.05, 4.69) is 4.98 Å². The maximum absolute atomic E-state index is 11.6. The summed E-state index contributed by atoms with van der Waals surface area (Å²) >= 11 is 0. The minimum atomic E-state index is -3.62. The Kier molecular flexibility index (Phi) is 4.33. The average Bonchev–Trinajstić information content (AvgIpc) is 2.47. The minimum absolute atomic E-state index is 0.119. The number of hydrogen-bond acceptors (Lipinski definition) is 5. The van der Waals surface area contributed by atoms with Crippen molar-refractivity contribution in [2.24, 2.45) is 0 Å². The van der Waals surface area contributed by atoms with Gasteiger partial charge in [0.25, 0.3) is 0 Å². The second kappa shape index (κ2) is 6.17. The zero-order chi connectivity index (χ0) is 14.4. The molecule has 0 aliphatic rings. The number of sulfone groups is 1. The van der Waals surface area contributed by atoms with E-state index in [0.717, 1.165) is 5.56 Å². The fourth-order valence-corrected chi connectivity index (χ4v) is 2.34. The molecule has 1 heterocycles. The molecule has 0 fully saturated rings. The summed E-state index contributed by atoms with van der Waals surface area (Å²) in [5.74, 6) is -0.103. The lowest BCUT2D eigenvalue weighted by molar-refractivity contribution is 0.304. The molecule has 1 aromatic carbocycles. The normalized spacial score (nSPS) is 10.8. The van der Waals surface area contributed by atoms with Crippen LogP contribution in [0, 0.1) is 11.3 Å². The highest BCUT2D eigenvalue weighted by molar-refractivity contribution is 7.91. The highest BCUT2D eigenvalue weighted by Gasteiger charge is 2.15. The first kappa shape index (κ1) is 14.0. The van der Waals surface area contributed by atoms with Crippen molar-refractivity contribution in [3.63, 3.8) is 0 Å². The van der Waals surface area contributed by atoms with Crippen molar-refractivity contribution >= 4 is 9.84 Å². The van der Waals surface area contributed by atoms with Crippen LogP contribution in [0.2, 0.25) is 0 Å². The summed E-state index contributed by atoms with van der Waals surface area (Å²) in [6.45, 7) is 0.382. The van der Waals surface area contributed by atoms with Crippen molar-refractivity contribution < 1.29 is 13.2 Å². The van der Waals surface area contributed by atoms with Crippen molar-refractivity contribution in [2.45, 2.75) is 11.6 Å². The van der Waals surface area contributed by atoms with E-state index >= 15 is 0 Å². The summed E-state index contributed by atoms with van der Waals surface area (Å²) in [5.41, 5.74) is 1.01. The number of nitrogens with zero attached hydrogens (tertiary/aromatic N) is 2. The first-order chi connectivity index (χ1) is 9.62. The summed E-state index contributed by atoms with van der Waals surface area (Å²) < 4.78 is 28.7. The molecule has 6 heteroatoms. The lowest BCUT2D eigenvalue weighted by Gasteiger charge is -2.06. The SMILES string of the molecule is N#CCS(=O)(=O)c1ccc(OCc2ccccc2)cn1. The van der Waals surface area contributed by atoms with Crippen LogP contribution in [-0.4, -0.2) is 19.2 Å². The van der Waals surface area contributed by atoms with E-state index in [1.54, 1.807) is 6.07 Å². The lowest BCUT2D eigenvalue weighted by Crippen LogP contribution is -2.07. The summed E-state index contributed by atoms with van der Waals surface area (Å²) in [6, 6.07) is 14.1. The van der Waals surface area contributed by atoms with E-state index in [4.69, 9.17) is 10.00 Å². The predicted molar refractivity (Wildman–Crippen MR) is 72.7 cm³/mol. The summed E-state index contributed by atoms with van der Waals surface area (Å²) in [5, 5.41) is 8.33. The van der Waals surface area contributed by atoms with Gasteiger partial charge in [0.2, 0.25) is 9.84 Å². The molecule has 0 N–H and O–H groups in total. The van der Waals surface area contributed by atoms with E-state index in [0.29, 0.717) is 12.4 Å². The molecule has 20 heavy (non-hydrogen) atoms. The Balaban J connectivity index is 2.04. The van der Waals surface area contributed by atoms with Gasteiger partial charge in [0, 0.05) is 0 Å². The number of nitriles is 1. The first-order valence-corrected chi connectivity index (χ1v) is 7.49. The van der Waals surface area contributed by atoms with Crippen LogP contribution in [-0.2, 0) is 16.4 Å². The van der Waals surface area contributed by atoms with Crippen molar-refractivity contribution in [3.05, 3.63) is 54.2 Å². The van der Waals surface area contributed by atoms with Crippen LogP contribution in [0.1, 0.15) is 5.56 Å². The molecule has 2 aromatic rings. The van der Waals surface area contributed by atoms with Crippen molar-refractivity contribution in [1.29, 1.82) is 5.26 Å². The fraction of sp³-hybridized carbons (Fsp3) is 0.143. The van der Waals surface area contributed by atoms with Gasteiger partial charge in [0.15, 0.2) is 5.03 Å². The molecular weight excluding hydrogens is 276 g/mol. The molecular formula is C14H12N2O3S.